The topological polar surface area (TPSA) is 18.5 Å². The summed E-state index contributed by atoms with van der Waals surface area (Å²) in [6.07, 6.45) is 7.45. The summed E-state index contributed by atoms with van der Waals surface area (Å²) < 4.78 is 10.8. The van der Waals surface area contributed by atoms with E-state index in [0.717, 1.165) is 19.6 Å². The zero-order chi connectivity index (χ0) is 11.2. The van der Waals surface area contributed by atoms with Gasteiger partial charge < -0.3 is 9.47 Å². The molecule has 16 heavy (non-hydrogen) atoms. The Bertz CT molecular complexity index is 197. The first-order chi connectivity index (χ1) is 7.86. The number of rotatable bonds is 5. The first kappa shape index (κ1) is 13.0. The SMILES string of the molecule is Cl[C@@H]1CCCC[C@H]1SCCCC1OCCO1. The van der Waals surface area contributed by atoms with E-state index in [4.69, 9.17) is 21.1 Å². The molecule has 1 aliphatic carbocycles. The second-order valence-corrected chi connectivity index (χ2v) is 6.43. The minimum Gasteiger partial charge on any atom is -0.350 e. The van der Waals surface area contributed by atoms with Gasteiger partial charge >= 0.3 is 0 Å². The van der Waals surface area contributed by atoms with Crippen LogP contribution in [0.2, 0.25) is 0 Å². The van der Waals surface area contributed by atoms with Crippen molar-refractivity contribution in [3.63, 3.8) is 0 Å². The molecule has 94 valence electrons. The molecule has 0 radical (unpaired) electrons. The van der Waals surface area contributed by atoms with Gasteiger partial charge in [-0.1, -0.05) is 12.8 Å². The first-order valence-corrected chi connectivity index (χ1v) is 7.83. The van der Waals surface area contributed by atoms with Gasteiger partial charge in [-0.15, -0.1) is 11.6 Å². The van der Waals surface area contributed by atoms with Crippen molar-refractivity contribution in [2.75, 3.05) is 19.0 Å². The van der Waals surface area contributed by atoms with Crippen LogP contribution in [0.5, 0.6) is 0 Å². The Morgan fingerprint density at radius 3 is 2.62 bits per heavy atom. The summed E-state index contributed by atoms with van der Waals surface area (Å²) in [5, 5.41) is 1.08. The average Bonchev–Trinajstić information content (AvgIpc) is 2.79. The smallest absolute Gasteiger partial charge is 0.157 e. The van der Waals surface area contributed by atoms with Crippen LogP contribution in [0.25, 0.3) is 0 Å². The van der Waals surface area contributed by atoms with Crippen molar-refractivity contribution >= 4 is 23.4 Å². The fraction of sp³-hybridized carbons (Fsp3) is 1.00. The van der Waals surface area contributed by atoms with Crippen molar-refractivity contribution in [1.29, 1.82) is 0 Å². The highest BCUT2D eigenvalue weighted by Crippen LogP contribution is 2.32. The van der Waals surface area contributed by atoms with E-state index in [-0.39, 0.29) is 6.29 Å². The molecule has 2 rings (SSSR count). The molecule has 0 bridgehead atoms. The van der Waals surface area contributed by atoms with Gasteiger partial charge in [0, 0.05) is 10.6 Å². The van der Waals surface area contributed by atoms with Crippen LogP contribution in [0.15, 0.2) is 0 Å². The molecule has 0 aromatic rings. The Morgan fingerprint density at radius 2 is 1.88 bits per heavy atom. The summed E-state index contributed by atoms with van der Waals surface area (Å²) in [5.74, 6) is 1.19. The molecule has 1 saturated carbocycles. The maximum atomic E-state index is 6.32. The third-order valence-electron chi connectivity index (χ3n) is 3.23. The molecule has 2 aliphatic rings. The summed E-state index contributed by atoms with van der Waals surface area (Å²) in [4.78, 5) is 0. The predicted octanol–water partition coefficient (Wildman–Crippen LogP) is 3.42. The van der Waals surface area contributed by atoms with Crippen LogP contribution in [0, 0.1) is 0 Å². The molecule has 0 amide bonds. The van der Waals surface area contributed by atoms with Gasteiger partial charge in [0.2, 0.25) is 0 Å². The van der Waals surface area contributed by atoms with E-state index in [1.54, 1.807) is 0 Å². The van der Waals surface area contributed by atoms with E-state index in [9.17, 15) is 0 Å². The highest BCUT2D eigenvalue weighted by atomic mass is 35.5. The molecule has 1 heterocycles. The predicted molar refractivity (Wildman–Crippen MR) is 69.3 cm³/mol. The van der Waals surface area contributed by atoms with Gasteiger partial charge in [0.15, 0.2) is 6.29 Å². The molecule has 1 saturated heterocycles. The molecule has 4 heteroatoms. The zero-order valence-corrected chi connectivity index (χ0v) is 11.3. The van der Waals surface area contributed by atoms with Crippen molar-refractivity contribution in [1.82, 2.24) is 0 Å². The summed E-state index contributed by atoms with van der Waals surface area (Å²) in [6.45, 7) is 1.54. The summed E-state index contributed by atoms with van der Waals surface area (Å²) >= 11 is 8.36. The van der Waals surface area contributed by atoms with Crippen LogP contribution < -0.4 is 0 Å². The number of hydrogen-bond acceptors (Lipinski definition) is 3. The molecule has 2 atom stereocenters. The molecular weight excluding hydrogens is 244 g/mol. The molecule has 2 nitrogen and oxygen atoms in total. The Labute approximate surface area is 107 Å². The Hall–Kier alpha value is 0.560. The molecule has 0 spiro atoms. The minimum atomic E-state index is 0.0683. The van der Waals surface area contributed by atoms with Gasteiger partial charge in [0.1, 0.15) is 0 Å². The molecule has 0 aromatic carbocycles. The average molecular weight is 265 g/mol. The van der Waals surface area contributed by atoms with Crippen molar-refractivity contribution in [3.05, 3.63) is 0 Å². The van der Waals surface area contributed by atoms with Gasteiger partial charge in [-0.25, -0.2) is 0 Å². The second-order valence-electron chi connectivity index (χ2n) is 4.52. The summed E-state index contributed by atoms with van der Waals surface area (Å²) in [7, 11) is 0. The Balaban J connectivity index is 1.53. The number of thioether (sulfide) groups is 1. The first-order valence-electron chi connectivity index (χ1n) is 6.35. The standard InChI is InChI=1S/C12H21ClO2S/c13-10-4-1-2-5-11(10)16-9-3-6-12-14-7-8-15-12/h10-12H,1-9H2/t10-,11-/m1/s1. The molecule has 0 aromatic heterocycles. The van der Waals surface area contributed by atoms with Crippen LogP contribution in [0.3, 0.4) is 0 Å². The lowest BCUT2D eigenvalue weighted by atomic mass is 10.00. The summed E-state index contributed by atoms with van der Waals surface area (Å²) in [5.41, 5.74) is 0. The van der Waals surface area contributed by atoms with E-state index in [2.05, 4.69) is 0 Å². The van der Waals surface area contributed by atoms with Gasteiger partial charge in [0.05, 0.1) is 13.2 Å². The molecule has 0 unspecified atom stereocenters. The van der Waals surface area contributed by atoms with E-state index in [1.165, 1.54) is 37.9 Å². The van der Waals surface area contributed by atoms with E-state index < -0.39 is 0 Å². The minimum absolute atomic E-state index is 0.0683. The van der Waals surface area contributed by atoms with Gasteiger partial charge in [0.25, 0.3) is 0 Å². The third-order valence-corrected chi connectivity index (χ3v) is 5.42. The third kappa shape index (κ3) is 4.10. The normalized spacial score (nSPS) is 32.1. The van der Waals surface area contributed by atoms with Gasteiger partial charge in [-0.3, -0.25) is 0 Å². The van der Waals surface area contributed by atoms with Crippen LogP contribution in [0.1, 0.15) is 38.5 Å². The van der Waals surface area contributed by atoms with Gasteiger partial charge in [-0.2, -0.15) is 11.8 Å². The van der Waals surface area contributed by atoms with E-state index >= 15 is 0 Å². The maximum absolute atomic E-state index is 6.32. The van der Waals surface area contributed by atoms with Crippen molar-refractivity contribution in [2.45, 2.75) is 55.4 Å². The van der Waals surface area contributed by atoms with Crippen LogP contribution in [0.4, 0.5) is 0 Å². The van der Waals surface area contributed by atoms with Crippen molar-refractivity contribution in [3.8, 4) is 0 Å². The van der Waals surface area contributed by atoms with E-state index in [0.29, 0.717) is 10.6 Å². The lowest BCUT2D eigenvalue weighted by Gasteiger charge is -2.26. The van der Waals surface area contributed by atoms with Crippen LogP contribution in [-0.4, -0.2) is 35.9 Å². The number of ether oxygens (including phenoxy) is 2. The zero-order valence-electron chi connectivity index (χ0n) is 9.70. The van der Waals surface area contributed by atoms with Crippen LogP contribution in [-0.2, 0) is 9.47 Å². The summed E-state index contributed by atoms with van der Waals surface area (Å²) in [6, 6.07) is 0. The lowest BCUT2D eigenvalue weighted by molar-refractivity contribution is -0.0466. The quantitative estimate of drug-likeness (QED) is 0.560. The molecular formula is C12H21ClO2S. The van der Waals surface area contributed by atoms with Crippen molar-refractivity contribution in [2.24, 2.45) is 0 Å². The Kier molecular flexibility index (Phi) is 5.77. The number of halogens is 1. The number of hydrogen-bond donors (Lipinski definition) is 0. The second kappa shape index (κ2) is 7.10. The Morgan fingerprint density at radius 1 is 1.12 bits per heavy atom. The fourth-order valence-corrected chi connectivity index (χ4v) is 4.11. The van der Waals surface area contributed by atoms with Crippen molar-refractivity contribution < 1.29 is 9.47 Å². The van der Waals surface area contributed by atoms with Crippen LogP contribution >= 0.6 is 23.4 Å². The number of alkyl halides is 1. The largest absolute Gasteiger partial charge is 0.350 e. The maximum Gasteiger partial charge on any atom is 0.157 e. The molecule has 0 N–H and O–H groups in total. The molecule has 1 aliphatic heterocycles. The monoisotopic (exact) mass is 264 g/mol. The highest BCUT2D eigenvalue weighted by molar-refractivity contribution is 8.00. The fourth-order valence-electron chi connectivity index (χ4n) is 2.30. The molecule has 2 fully saturated rings. The van der Waals surface area contributed by atoms with Gasteiger partial charge in [-0.05, 0) is 31.4 Å². The highest BCUT2D eigenvalue weighted by Gasteiger charge is 2.23. The van der Waals surface area contributed by atoms with E-state index in [1.807, 2.05) is 11.8 Å². The lowest BCUT2D eigenvalue weighted by Crippen LogP contribution is -2.22.